The van der Waals surface area contributed by atoms with Crippen LogP contribution in [0.15, 0.2) is 12.1 Å². The van der Waals surface area contributed by atoms with E-state index in [2.05, 4.69) is 5.32 Å². The lowest BCUT2D eigenvalue weighted by Crippen LogP contribution is -2.24. The Bertz CT molecular complexity index is 350. The summed E-state index contributed by atoms with van der Waals surface area (Å²) < 4.78 is 39.7. The number of nitrogens with one attached hydrogen (secondary N) is 1. The molecule has 0 saturated heterocycles. The van der Waals surface area contributed by atoms with Gasteiger partial charge in [-0.2, -0.15) is 0 Å². The normalized spacial score (nSPS) is 13.3. The third-order valence-corrected chi connectivity index (χ3v) is 2.37. The zero-order chi connectivity index (χ0) is 11.6. The molecule has 0 radical (unpaired) electrons. The maximum atomic E-state index is 13.4. The first-order valence-corrected chi connectivity index (χ1v) is 4.79. The lowest BCUT2D eigenvalue weighted by Gasteiger charge is -2.21. The van der Waals surface area contributed by atoms with Crippen LogP contribution in [0.5, 0.6) is 0 Å². The molecule has 84 valence electrons. The van der Waals surface area contributed by atoms with Gasteiger partial charge in [0.2, 0.25) is 0 Å². The molecule has 1 unspecified atom stereocenters. The monoisotopic (exact) mass is 217 g/mol. The molecule has 4 heteroatoms. The standard InChI is InChI=1S/C11H14F3N/c1-6(2)11(15-3)9-7(12)4-5-8(13)10(9)14/h4-6,11,15H,1-3H3. The highest BCUT2D eigenvalue weighted by Crippen LogP contribution is 2.27. The van der Waals surface area contributed by atoms with E-state index < -0.39 is 23.5 Å². The lowest BCUT2D eigenvalue weighted by molar-refractivity contribution is 0.389. The molecule has 0 heterocycles. The molecule has 1 aromatic carbocycles. The van der Waals surface area contributed by atoms with Crippen LogP contribution in [0.3, 0.4) is 0 Å². The van der Waals surface area contributed by atoms with E-state index in [4.69, 9.17) is 0 Å². The fourth-order valence-electron chi connectivity index (χ4n) is 1.64. The van der Waals surface area contributed by atoms with Gasteiger partial charge in [-0.05, 0) is 25.1 Å². The topological polar surface area (TPSA) is 12.0 Å². The molecule has 0 amide bonds. The van der Waals surface area contributed by atoms with Crippen molar-refractivity contribution in [1.29, 1.82) is 0 Å². The summed E-state index contributed by atoms with van der Waals surface area (Å²) in [5, 5.41) is 2.78. The van der Waals surface area contributed by atoms with Crippen molar-refractivity contribution in [3.8, 4) is 0 Å². The largest absolute Gasteiger partial charge is 0.313 e. The van der Waals surface area contributed by atoms with Crippen molar-refractivity contribution >= 4 is 0 Å². The van der Waals surface area contributed by atoms with E-state index in [1.165, 1.54) is 0 Å². The molecule has 1 aromatic rings. The minimum Gasteiger partial charge on any atom is -0.313 e. The van der Waals surface area contributed by atoms with Crippen LogP contribution in [0, 0.1) is 23.4 Å². The van der Waals surface area contributed by atoms with Crippen LogP contribution in [-0.2, 0) is 0 Å². The van der Waals surface area contributed by atoms with Gasteiger partial charge in [0.05, 0.1) is 0 Å². The predicted octanol–water partition coefficient (Wildman–Crippen LogP) is 3.02. The van der Waals surface area contributed by atoms with Gasteiger partial charge >= 0.3 is 0 Å². The second-order valence-corrected chi connectivity index (χ2v) is 3.77. The predicted molar refractivity (Wildman–Crippen MR) is 53.0 cm³/mol. The molecular weight excluding hydrogens is 203 g/mol. The molecule has 0 aliphatic rings. The SMILES string of the molecule is CNC(c1c(F)ccc(F)c1F)C(C)C. The average molecular weight is 217 g/mol. The summed E-state index contributed by atoms with van der Waals surface area (Å²) >= 11 is 0. The molecule has 0 aliphatic carbocycles. The second kappa shape index (κ2) is 4.66. The highest BCUT2D eigenvalue weighted by Gasteiger charge is 2.23. The zero-order valence-corrected chi connectivity index (χ0v) is 8.94. The fraction of sp³-hybridized carbons (Fsp3) is 0.455. The maximum Gasteiger partial charge on any atom is 0.166 e. The number of rotatable bonds is 3. The minimum atomic E-state index is -1.11. The molecule has 0 spiro atoms. The maximum absolute atomic E-state index is 13.4. The molecule has 0 aliphatic heterocycles. The summed E-state index contributed by atoms with van der Waals surface area (Å²) in [5.41, 5.74) is -0.229. The summed E-state index contributed by atoms with van der Waals surface area (Å²) in [4.78, 5) is 0. The molecule has 0 bridgehead atoms. The summed E-state index contributed by atoms with van der Waals surface area (Å²) in [7, 11) is 1.59. The van der Waals surface area contributed by atoms with Gasteiger partial charge < -0.3 is 5.32 Å². The van der Waals surface area contributed by atoms with Crippen molar-refractivity contribution in [3.05, 3.63) is 35.1 Å². The van der Waals surface area contributed by atoms with Gasteiger partial charge in [0.1, 0.15) is 5.82 Å². The molecule has 1 N–H and O–H groups in total. The van der Waals surface area contributed by atoms with Gasteiger partial charge in [0.25, 0.3) is 0 Å². The Morgan fingerprint density at radius 2 is 1.60 bits per heavy atom. The van der Waals surface area contributed by atoms with Crippen molar-refractivity contribution in [1.82, 2.24) is 5.32 Å². The Hall–Kier alpha value is -1.03. The van der Waals surface area contributed by atoms with Gasteiger partial charge in [-0.1, -0.05) is 13.8 Å². The minimum absolute atomic E-state index is 0.0270. The van der Waals surface area contributed by atoms with Crippen molar-refractivity contribution < 1.29 is 13.2 Å². The van der Waals surface area contributed by atoms with E-state index in [9.17, 15) is 13.2 Å². The van der Waals surface area contributed by atoms with Crippen LogP contribution >= 0.6 is 0 Å². The molecule has 15 heavy (non-hydrogen) atoms. The van der Waals surface area contributed by atoms with Crippen molar-refractivity contribution in [3.63, 3.8) is 0 Å². The Labute approximate surface area is 87.3 Å². The Morgan fingerprint density at radius 1 is 1.07 bits per heavy atom. The van der Waals surface area contributed by atoms with Gasteiger partial charge in [0.15, 0.2) is 11.6 Å². The van der Waals surface area contributed by atoms with E-state index in [-0.39, 0.29) is 11.5 Å². The van der Waals surface area contributed by atoms with Crippen LogP contribution in [-0.4, -0.2) is 7.05 Å². The number of benzene rings is 1. The van der Waals surface area contributed by atoms with Gasteiger partial charge in [-0.15, -0.1) is 0 Å². The molecule has 1 rings (SSSR count). The Morgan fingerprint density at radius 3 is 2.07 bits per heavy atom. The molecular formula is C11H14F3N. The van der Waals surface area contributed by atoms with Gasteiger partial charge in [-0.25, -0.2) is 13.2 Å². The highest BCUT2D eigenvalue weighted by molar-refractivity contribution is 5.25. The number of halogens is 3. The molecule has 0 aromatic heterocycles. The Balaban J connectivity index is 3.27. The van der Waals surface area contributed by atoms with Crippen LogP contribution in [0.1, 0.15) is 25.5 Å². The van der Waals surface area contributed by atoms with E-state index >= 15 is 0 Å². The van der Waals surface area contributed by atoms with Gasteiger partial charge in [0, 0.05) is 11.6 Å². The first-order chi connectivity index (χ1) is 6.99. The fourth-order valence-corrected chi connectivity index (χ4v) is 1.64. The van der Waals surface area contributed by atoms with Crippen molar-refractivity contribution in [2.75, 3.05) is 7.05 Å². The lowest BCUT2D eigenvalue weighted by atomic mass is 9.95. The third kappa shape index (κ3) is 2.31. The highest BCUT2D eigenvalue weighted by atomic mass is 19.2. The van der Waals surface area contributed by atoms with Crippen LogP contribution in [0.25, 0.3) is 0 Å². The molecule has 0 saturated carbocycles. The Kier molecular flexibility index (Phi) is 3.74. The summed E-state index contributed by atoms with van der Waals surface area (Å²) in [6.45, 7) is 3.62. The van der Waals surface area contributed by atoms with E-state index in [1.54, 1.807) is 7.05 Å². The first-order valence-electron chi connectivity index (χ1n) is 4.79. The summed E-state index contributed by atoms with van der Waals surface area (Å²) in [6, 6.07) is 1.21. The van der Waals surface area contributed by atoms with E-state index in [0.29, 0.717) is 0 Å². The van der Waals surface area contributed by atoms with Crippen molar-refractivity contribution in [2.24, 2.45) is 5.92 Å². The zero-order valence-electron chi connectivity index (χ0n) is 8.94. The second-order valence-electron chi connectivity index (χ2n) is 3.77. The molecule has 0 fully saturated rings. The van der Waals surface area contributed by atoms with E-state index in [0.717, 1.165) is 12.1 Å². The first kappa shape index (κ1) is 12.0. The van der Waals surface area contributed by atoms with E-state index in [1.807, 2.05) is 13.8 Å². The van der Waals surface area contributed by atoms with Gasteiger partial charge in [-0.3, -0.25) is 0 Å². The number of hydrogen-bond acceptors (Lipinski definition) is 1. The van der Waals surface area contributed by atoms with Crippen LogP contribution in [0.4, 0.5) is 13.2 Å². The quantitative estimate of drug-likeness (QED) is 0.767. The van der Waals surface area contributed by atoms with Crippen LogP contribution in [0.2, 0.25) is 0 Å². The molecule has 1 atom stereocenters. The summed E-state index contributed by atoms with van der Waals surface area (Å²) in [5.74, 6) is -2.88. The van der Waals surface area contributed by atoms with Crippen LogP contribution < -0.4 is 5.32 Å². The number of hydrogen-bond donors (Lipinski definition) is 1. The smallest absolute Gasteiger partial charge is 0.166 e. The van der Waals surface area contributed by atoms with Crippen molar-refractivity contribution in [2.45, 2.75) is 19.9 Å². The third-order valence-electron chi connectivity index (χ3n) is 2.37. The average Bonchev–Trinajstić information content (AvgIpc) is 2.18. The summed E-state index contributed by atoms with van der Waals surface area (Å²) in [6.07, 6.45) is 0. The molecule has 1 nitrogen and oxygen atoms in total.